The van der Waals surface area contributed by atoms with Crippen molar-refractivity contribution in [3.63, 3.8) is 0 Å². The van der Waals surface area contributed by atoms with Gasteiger partial charge in [0.25, 0.3) is 0 Å². The third kappa shape index (κ3) is 5.14. The number of esters is 1. The molecule has 106 valence electrons. The highest BCUT2D eigenvalue weighted by atomic mass is 35.5. The smallest absolute Gasteiger partial charge is 0.312 e. The predicted octanol–water partition coefficient (Wildman–Crippen LogP) is 4.30. The van der Waals surface area contributed by atoms with Gasteiger partial charge in [0.15, 0.2) is 0 Å². The number of carbonyl (C=O) groups is 1. The fourth-order valence-corrected chi connectivity index (χ4v) is 2.55. The zero-order chi connectivity index (χ0) is 15.1. The molecule has 0 atom stereocenters. The van der Waals surface area contributed by atoms with E-state index in [9.17, 15) is 4.79 Å². The highest BCUT2D eigenvalue weighted by Crippen LogP contribution is 2.21. The number of halogens is 1. The lowest BCUT2D eigenvalue weighted by Crippen LogP contribution is -2.08. The van der Waals surface area contributed by atoms with Crippen LogP contribution in [0.15, 0.2) is 53.4 Å². The van der Waals surface area contributed by atoms with Crippen LogP contribution in [0.1, 0.15) is 12.0 Å². The zero-order valence-electron chi connectivity index (χ0n) is 11.1. The topological polar surface area (TPSA) is 50.1 Å². The molecule has 2 aromatic carbocycles. The first-order chi connectivity index (χ1) is 10.2. The van der Waals surface area contributed by atoms with Crippen LogP contribution in [-0.2, 0) is 4.79 Å². The molecule has 0 N–H and O–H groups in total. The molecule has 21 heavy (non-hydrogen) atoms. The van der Waals surface area contributed by atoms with E-state index < -0.39 is 0 Å². The second-order valence-electron chi connectivity index (χ2n) is 4.17. The van der Waals surface area contributed by atoms with Gasteiger partial charge in [-0.05, 0) is 42.5 Å². The summed E-state index contributed by atoms with van der Waals surface area (Å²) in [5, 5.41) is 9.47. The van der Waals surface area contributed by atoms with E-state index in [4.69, 9.17) is 21.6 Å². The van der Waals surface area contributed by atoms with Crippen LogP contribution in [0.5, 0.6) is 5.75 Å². The van der Waals surface area contributed by atoms with E-state index in [-0.39, 0.29) is 5.97 Å². The molecule has 0 aliphatic carbocycles. The predicted molar refractivity (Wildman–Crippen MR) is 83.6 cm³/mol. The van der Waals surface area contributed by atoms with Crippen molar-refractivity contribution >= 4 is 29.3 Å². The molecule has 0 amide bonds. The van der Waals surface area contributed by atoms with Gasteiger partial charge in [-0.3, -0.25) is 4.79 Å². The maximum Gasteiger partial charge on any atom is 0.312 e. The van der Waals surface area contributed by atoms with Gasteiger partial charge in [-0.25, -0.2) is 0 Å². The van der Waals surface area contributed by atoms with Crippen LogP contribution in [0.25, 0.3) is 0 Å². The Hall–Kier alpha value is -1.96. The maximum atomic E-state index is 11.7. The van der Waals surface area contributed by atoms with Crippen LogP contribution in [0, 0.1) is 11.3 Å². The standard InChI is InChI=1S/C16H12ClNO2S/c17-13-4-6-15(7-5-13)21-9-8-16(19)20-14-3-1-2-12(10-14)11-18/h1-7,10H,8-9H2. The number of hydrogen-bond acceptors (Lipinski definition) is 4. The van der Waals surface area contributed by atoms with Gasteiger partial charge in [0.2, 0.25) is 0 Å². The molecule has 0 unspecified atom stereocenters. The Bertz CT molecular complexity index is 665. The summed E-state index contributed by atoms with van der Waals surface area (Å²) in [6.45, 7) is 0. The van der Waals surface area contributed by atoms with Crippen LogP contribution >= 0.6 is 23.4 Å². The Morgan fingerprint density at radius 2 is 2.00 bits per heavy atom. The molecule has 0 saturated carbocycles. The van der Waals surface area contributed by atoms with Crippen LogP contribution < -0.4 is 4.74 Å². The van der Waals surface area contributed by atoms with Gasteiger partial charge in [-0.15, -0.1) is 11.8 Å². The van der Waals surface area contributed by atoms with Crippen LogP contribution in [0.3, 0.4) is 0 Å². The fraction of sp³-hybridized carbons (Fsp3) is 0.125. The summed E-state index contributed by atoms with van der Waals surface area (Å²) in [6, 6.07) is 16.0. The van der Waals surface area contributed by atoms with Gasteiger partial charge in [-0.1, -0.05) is 17.7 Å². The van der Waals surface area contributed by atoms with Crippen molar-refractivity contribution in [1.82, 2.24) is 0 Å². The molecule has 5 heteroatoms. The number of nitriles is 1. The minimum absolute atomic E-state index is 0.296. The average Bonchev–Trinajstić information content (AvgIpc) is 2.49. The molecule has 0 radical (unpaired) electrons. The highest BCUT2D eigenvalue weighted by Gasteiger charge is 2.06. The molecule has 0 aliphatic rings. The monoisotopic (exact) mass is 317 g/mol. The summed E-state index contributed by atoms with van der Waals surface area (Å²) in [5.41, 5.74) is 0.468. The number of benzene rings is 2. The lowest BCUT2D eigenvalue weighted by Gasteiger charge is -2.04. The molecular formula is C16H12ClNO2S. The van der Waals surface area contributed by atoms with E-state index in [0.717, 1.165) is 4.90 Å². The van der Waals surface area contributed by atoms with E-state index in [1.807, 2.05) is 30.3 Å². The normalized spacial score (nSPS) is 9.90. The van der Waals surface area contributed by atoms with Crippen molar-refractivity contribution in [2.45, 2.75) is 11.3 Å². The number of ether oxygens (including phenoxy) is 1. The van der Waals surface area contributed by atoms with Gasteiger partial charge < -0.3 is 4.74 Å². The van der Waals surface area contributed by atoms with Crippen LogP contribution in [0.4, 0.5) is 0 Å². The number of hydrogen-bond donors (Lipinski definition) is 0. The van der Waals surface area contributed by atoms with E-state index >= 15 is 0 Å². The van der Waals surface area contributed by atoms with Crippen molar-refractivity contribution < 1.29 is 9.53 Å². The van der Waals surface area contributed by atoms with E-state index in [0.29, 0.717) is 28.5 Å². The molecule has 0 aliphatic heterocycles. The van der Waals surface area contributed by atoms with Crippen molar-refractivity contribution in [2.75, 3.05) is 5.75 Å². The second kappa shape index (κ2) is 7.72. The highest BCUT2D eigenvalue weighted by molar-refractivity contribution is 7.99. The molecule has 0 aromatic heterocycles. The Labute approximate surface area is 132 Å². The quantitative estimate of drug-likeness (QED) is 0.468. The Morgan fingerprint density at radius 3 is 2.71 bits per heavy atom. The van der Waals surface area contributed by atoms with Gasteiger partial charge in [0, 0.05) is 15.7 Å². The molecule has 0 spiro atoms. The largest absolute Gasteiger partial charge is 0.426 e. The number of rotatable bonds is 5. The Balaban J connectivity index is 1.79. The SMILES string of the molecule is N#Cc1cccc(OC(=O)CCSc2ccc(Cl)cc2)c1. The first kappa shape index (κ1) is 15.4. The summed E-state index contributed by atoms with van der Waals surface area (Å²) in [7, 11) is 0. The minimum Gasteiger partial charge on any atom is -0.426 e. The number of nitrogens with zero attached hydrogens (tertiary/aromatic N) is 1. The lowest BCUT2D eigenvalue weighted by atomic mass is 10.2. The van der Waals surface area contributed by atoms with Crippen LogP contribution in [0.2, 0.25) is 5.02 Å². The second-order valence-corrected chi connectivity index (χ2v) is 5.77. The molecule has 3 nitrogen and oxygen atoms in total. The molecular weight excluding hydrogens is 306 g/mol. The summed E-state index contributed by atoms with van der Waals surface area (Å²) in [4.78, 5) is 12.8. The third-order valence-electron chi connectivity index (χ3n) is 2.58. The molecule has 2 rings (SSSR count). The van der Waals surface area contributed by atoms with Gasteiger partial charge in [0.05, 0.1) is 18.1 Å². The number of carbonyl (C=O) groups excluding carboxylic acids is 1. The van der Waals surface area contributed by atoms with E-state index in [2.05, 4.69) is 0 Å². The van der Waals surface area contributed by atoms with Crippen molar-refractivity contribution in [3.8, 4) is 11.8 Å². The van der Waals surface area contributed by atoms with Gasteiger partial charge in [-0.2, -0.15) is 5.26 Å². The van der Waals surface area contributed by atoms with Gasteiger partial charge in [0.1, 0.15) is 5.75 Å². The van der Waals surface area contributed by atoms with Crippen molar-refractivity contribution in [2.24, 2.45) is 0 Å². The average molecular weight is 318 g/mol. The maximum absolute atomic E-state index is 11.7. The fourth-order valence-electron chi connectivity index (χ4n) is 1.59. The van der Waals surface area contributed by atoms with Crippen molar-refractivity contribution in [1.29, 1.82) is 5.26 Å². The summed E-state index contributed by atoms with van der Waals surface area (Å²) in [6.07, 6.45) is 0.296. The number of thioether (sulfide) groups is 1. The summed E-state index contributed by atoms with van der Waals surface area (Å²) >= 11 is 7.37. The van der Waals surface area contributed by atoms with E-state index in [1.54, 1.807) is 36.0 Å². The first-order valence-corrected chi connectivity index (χ1v) is 7.63. The minimum atomic E-state index is -0.313. The summed E-state index contributed by atoms with van der Waals surface area (Å²) < 4.78 is 5.19. The molecule has 0 saturated heterocycles. The summed E-state index contributed by atoms with van der Waals surface area (Å²) in [5.74, 6) is 0.709. The third-order valence-corrected chi connectivity index (χ3v) is 3.85. The van der Waals surface area contributed by atoms with E-state index in [1.165, 1.54) is 0 Å². The molecule has 0 fully saturated rings. The van der Waals surface area contributed by atoms with Crippen molar-refractivity contribution in [3.05, 3.63) is 59.1 Å². The van der Waals surface area contributed by atoms with Crippen LogP contribution in [-0.4, -0.2) is 11.7 Å². The Morgan fingerprint density at radius 1 is 1.24 bits per heavy atom. The molecule has 0 heterocycles. The zero-order valence-corrected chi connectivity index (χ0v) is 12.7. The molecule has 0 bridgehead atoms. The Kier molecular flexibility index (Phi) is 5.68. The lowest BCUT2D eigenvalue weighted by molar-refractivity contribution is -0.133. The van der Waals surface area contributed by atoms with Gasteiger partial charge >= 0.3 is 5.97 Å². The first-order valence-electron chi connectivity index (χ1n) is 6.26. The molecule has 2 aromatic rings.